The van der Waals surface area contributed by atoms with Gasteiger partial charge in [-0.25, -0.2) is 4.99 Å². The summed E-state index contributed by atoms with van der Waals surface area (Å²) in [5.74, 6) is -0.0734. The van der Waals surface area contributed by atoms with Crippen molar-refractivity contribution in [1.82, 2.24) is 5.32 Å². The van der Waals surface area contributed by atoms with E-state index in [9.17, 15) is 9.59 Å². The van der Waals surface area contributed by atoms with E-state index in [1.54, 1.807) is 12.1 Å². The van der Waals surface area contributed by atoms with Crippen LogP contribution in [0.5, 0.6) is 0 Å². The first-order valence-corrected chi connectivity index (χ1v) is 7.45. The number of nitrogens with zero attached hydrogens (tertiary/aromatic N) is 2. The largest absolute Gasteiger partial charge is 0.295 e. The number of amides is 1. The molecule has 1 N–H and O–H groups in total. The first-order chi connectivity index (χ1) is 9.66. The van der Waals surface area contributed by atoms with Crippen LogP contribution in [0.4, 0.5) is 5.69 Å². The van der Waals surface area contributed by atoms with Gasteiger partial charge in [-0.15, -0.1) is 0 Å². The molecule has 5 nitrogen and oxygen atoms in total. The van der Waals surface area contributed by atoms with Crippen molar-refractivity contribution in [2.75, 3.05) is 11.4 Å². The highest BCUT2D eigenvalue weighted by Crippen LogP contribution is 2.37. The maximum absolute atomic E-state index is 12.7. The number of piperidine rings is 1. The highest BCUT2D eigenvalue weighted by molar-refractivity contribution is 9.10. The molecule has 1 amide bonds. The van der Waals surface area contributed by atoms with E-state index in [2.05, 4.69) is 26.2 Å². The Bertz CT molecular complexity index is 670. The molecule has 20 heavy (non-hydrogen) atoms. The number of aliphatic imine (C=N–C) groups is 1. The number of ketones is 1. The van der Waals surface area contributed by atoms with Crippen molar-refractivity contribution in [2.24, 2.45) is 10.9 Å². The van der Waals surface area contributed by atoms with Crippen molar-refractivity contribution in [3.8, 4) is 0 Å². The molecule has 0 aromatic heterocycles. The number of nitrogens with one attached hydrogen (secondary N) is 1. The fourth-order valence-electron chi connectivity index (χ4n) is 3.12. The standard InChI is InChI=1S/C14H12BrN3O2/c15-7-3-4-10-9(6-7)11(19)13-17-12-8(2-1-5-16-12)14(20)18(10)13/h3-4,6,8,12,16H,1-2,5H2. The quantitative estimate of drug-likeness (QED) is 0.786. The molecule has 1 fully saturated rings. The Hall–Kier alpha value is -1.53. The molecule has 3 aliphatic rings. The normalized spacial score (nSPS) is 27.9. The Morgan fingerprint density at radius 3 is 3.05 bits per heavy atom. The summed E-state index contributed by atoms with van der Waals surface area (Å²) in [4.78, 5) is 31.1. The molecule has 102 valence electrons. The van der Waals surface area contributed by atoms with Crippen LogP contribution < -0.4 is 10.2 Å². The smallest absolute Gasteiger partial charge is 0.239 e. The van der Waals surface area contributed by atoms with Crippen molar-refractivity contribution in [3.05, 3.63) is 28.2 Å². The summed E-state index contributed by atoms with van der Waals surface area (Å²) >= 11 is 3.36. The monoisotopic (exact) mass is 333 g/mol. The first-order valence-electron chi connectivity index (χ1n) is 6.66. The minimum atomic E-state index is -0.246. The van der Waals surface area contributed by atoms with Gasteiger partial charge in [0, 0.05) is 4.47 Å². The number of fused-ring (bicyclic) bond motifs is 4. The number of benzene rings is 1. The molecule has 3 heterocycles. The molecule has 1 aromatic rings. The molecule has 6 heteroatoms. The lowest BCUT2D eigenvalue weighted by atomic mass is 9.93. The average Bonchev–Trinajstić information content (AvgIpc) is 2.73. The molecule has 1 aromatic carbocycles. The van der Waals surface area contributed by atoms with Crippen LogP contribution >= 0.6 is 15.9 Å². The molecule has 2 unspecified atom stereocenters. The molecule has 0 aliphatic carbocycles. The third kappa shape index (κ3) is 1.55. The summed E-state index contributed by atoms with van der Waals surface area (Å²) in [6, 6.07) is 5.39. The van der Waals surface area contributed by atoms with Crippen molar-refractivity contribution in [1.29, 1.82) is 0 Å². The Morgan fingerprint density at radius 1 is 1.35 bits per heavy atom. The van der Waals surface area contributed by atoms with E-state index in [1.807, 2.05) is 6.07 Å². The summed E-state index contributed by atoms with van der Waals surface area (Å²) in [5.41, 5.74) is 1.20. The number of anilines is 1. The topological polar surface area (TPSA) is 61.8 Å². The molecule has 1 saturated heterocycles. The highest BCUT2D eigenvalue weighted by Gasteiger charge is 2.47. The van der Waals surface area contributed by atoms with Crippen LogP contribution in [0.2, 0.25) is 0 Å². The van der Waals surface area contributed by atoms with Gasteiger partial charge in [0.2, 0.25) is 11.7 Å². The van der Waals surface area contributed by atoms with Gasteiger partial charge in [-0.05, 0) is 37.6 Å². The molecular formula is C14H12BrN3O2. The van der Waals surface area contributed by atoms with Crippen molar-refractivity contribution < 1.29 is 9.59 Å². The highest BCUT2D eigenvalue weighted by atomic mass is 79.9. The number of rotatable bonds is 0. The van der Waals surface area contributed by atoms with Gasteiger partial charge in [0.05, 0.1) is 17.2 Å². The van der Waals surface area contributed by atoms with E-state index < -0.39 is 0 Å². The number of halogens is 1. The second-order valence-electron chi connectivity index (χ2n) is 5.26. The predicted molar refractivity (Wildman–Crippen MR) is 77.9 cm³/mol. The molecule has 4 rings (SSSR count). The average molecular weight is 334 g/mol. The molecular weight excluding hydrogens is 322 g/mol. The Kier molecular flexibility index (Phi) is 2.59. The third-order valence-corrected chi connectivity index (χ3v) is 4.58. The van der Waals surface area contributed by atoms with Crippen LogP contribution in [0.1, 0.15) is 23.2 Å². The summed E-state index contributed by atoms with van der Waals surface area (Å²) in [6.07, 6.45) is 1.54. The lowest BCUT2D eigenvalue weighted by Crippen LogP contribution is -2.55. The van der Waals surface area contributed by atoms with Crippen molar-refractivity contribution in [2.45, 2.75) is 19.0 Å². The minimum absolute atomic E-state index is 0.0124. The molecule has 0 bridgehead atoms. The number of hydrogen-bond acceptors (Lipinski definition) is 4. The van der Waals surface area contributed by atoms with E-state index in [4.69, 9.17) is 0 Å². The zero-order chi connectivity index (χ0) is 13.9. The number of carbonyl (C=O) groups is 2. The molecule has 0 saturated carbocycles. The predicted octanol–water partition coefficient (Wildman–Crippen LogP) is 1.72. The lowest BCUT2D eigenvalue weighted by Gasteiger charge is -2.36. The summed E-state index contributed by atoms with van der Waals surface area (Å²) in [7, 11) is 0. The van der Waals surface area contributed by atoms with Gasteiger partial charge >= 0.3 is 0 Å². The number of carbonyl (C=O) groups excluding carboxylic acids is 2. The molecule has 0 radical (unpaired) electrons. The Balaban J connectivity index is 1.88. The van der Waals surface area contributed by atoms with Crippen LogP contribution in [-0.4, -0.2) is 30.2 Å². The van der Waals surface area contributed by atoms with Gasteiger partial charge in [0.1, 0.15) is 6.17 Å². The van der Waals surface area contributed by atoms with Gasteiger partial charge in [0.25, 0.3) is 0 Å². The molecule has 3 aliphatic heterocycles. The van der Waals surface area contributed by atoms with Crippen molar-refractivity contribution in [3.63, 3.8) is 0 Å². The van der Waals surface area contributed by atoms with Crippen LogP contribution in [0.15, 0.2) is 27.7 Å². The molecule has 2 atom stereocenters. The van der Waals surface area contributed by atoms with Crippen LogP contribution in [-0.2, 0) is 4.79 Å². The first kappa shape index (κ1) is 12.2. The zero-order valence-corrected chi connectivity index (χ0v) is 12.2. The van der Waals surface area contributed by atoms with E-state index >= 15 is 0 Å². The molecule has 0 spiro atoms. The Labute approximate surface area is 124 Å². The number of Topliss-reactive ketones (excluding diaryl/α,β-unsaturated/α-hetero) is 1. The number of amidine groups is 1. The van der Waals surface area contributed by atoms with E-state index in [-0.39, 0.29) is 29.6 Å². The number of hydrogen-bond donors (Lipinski definition) is 1. The van der Waals surface area contributed by atoms with Gasteiger partial charge in [0.15, 0.2) is 5.84 Å². The third-order valence-electron chi connectivity index (χ3n) is 4.08. The summed E-state index contributed by atoms with van der Waals surface area (Å²) in [6.45, 7) is 0.845. The Morgan fingerprint density at radius 2 is 2.20 bits per heavy atom. The summed E-state index contributed by atoms with van der Waals surface area (Å²) < 4.78 is 0.827. The second-order valence-corrected chi connectivity index (χ2v) is 6.18. The van der Waals surface area contributed by atoms with Gasteiger partial charge in [-0.3, -0.25) is 19.8 Å². The van der Waals surface area contributed by atoms with Crippen LogP contribution in [0, 0.1) is 5.92 Å². The maximum Gasteiger partial charge on any atom is 0.239 e. The van der Waals surface area contributed by atoms with E-state index in [1.165, 1.54) is 4.90 Å². The maximum atomic E-state index is 12.7. The van der Waals surface area contributed by atoms with E-state index in [0.717, 1.165) is 23.9 Å². The second kappa shape index (κ2) is 4.23. The lowest BCUT2D eigenvalue weighted by molar-refractivity contribution is -0.123. The minimum Gasteiger partial charge on any atom is -0.295 e. The fourth-order valence-corrected chi connectivity index (χ4v) is 3.49. The van der Waals surface area contributed by atoms with E-state index in [0.29, 0.717) is 11.3 Å². The fraction of sp³-hybridized carbons (Fsp3) is 0.357. The SMILES string of the molecule is O=C1C2=NC3NCCCC3C(=O)N2c2ccc(Br)cc21. The van der Waals surface area contributed by atoms with Crippen LogP contribution in [0.3, 0.4) is 0 Å². The van der Waals surface area contributed by atoms with Gasteiger partial charge in [-0.1, -0.05) is 15.9 Å². The van der Waals surface area contributed by atoms with Gasteiger partial charge in [-0.2, -0.15) is 0 Å². The van der Waals surface area contributed by atoms with Crippen molar-refractivity contribution >= 4 is 39.1 Å². The van der Waals surface area contributed by atoms with Gasteiger partial charge < -0.3 is 0 Å². The van der Waals surface area contributed by atoms with Crippen LogP contribution in [0.25, 0.3) is 0 Å². The summed E-state index contributed by atoms with van der Waals surface area (Å²) in [5, 5.41) is 3.23. The zero-order valence-electron chi connectivity index (χ0n) is 10.6.